The normalized spacial score (nSPS) is 13.8. The maximum Gasteiger partial charge on any atom is 0.261 e. The number of anilines is 1. The Balaban J connectivity index is 0.000000567. The number of para-hydroxylation sites is 1. The third-order valence-electron chi connectivity index (χ3n) is 5.98. The minimum absolute atomic E-state index is 0.307. The molecule has 0 aliphatic carbocycles. The highest BCUT2D eigenvalue weighted by Crippen LogP contribution is 2.27. The van der Waals surface area contributed by atoms with Crippen molar-refractivity contribution in [3.05, 3.63) is 78.5 Å². The summed E-state index contributed by atoms with van der Waals surface area (Å²) in [5, 5.41) is 1.08. The molecule has 1 aromatic carbocycles. The molecular formula is C27H28N6O5S. The minimum Gasteiger partial charge on any atom is -0.471 e. The van der Waals surface area contributed by atoms with Gasteiger partial charge < -0.3 is 14.4 Å². The lowest BCUT2D eigenvalue weighted by Crippen LogP contribution is -2.37. The molecule has 0 radical (unpaired) electrons. The Kier molecular flexibility index (Phi) is 7.68. The van der Waals surface area contributed by atoms with E-state index >= 15 is 0 Å². The third-order valence-corrected chi connectivity index (χ3v) is 5.98. The number of fused-ring (bicyclic) bond motifs is 2. The van der Waals surface area contributed by atoms with E-state index in [1.807, 2.05) is 68.0 Å². The van der Waals surface area contributed by atoms with Crippen molar-refractivity contribution in [1.29, 1.82) is 0 Å². The first kappa shape index (κ1) is 26.5. The third kappa shape index (κ3) is 6.66. The predicted octanol–water partition coefficient (Wildman–Crippen LogP) is 3.57. The monoisotopic (exact) mass is 548 g/mol. The number of imidazole rings is 1. The zero-order valence-electron chi connectivity index (χ0n) is 21.6. The fourth-order valence-corrected chi connectivity index (χ4v) is 4.19. The van der Waals surface area contributed by atoms with E-state index < -0.39 is 10.1 Å². The second-order valence-corrected chi connectivity index (χ2v) is 10.5. The smallest absolute Gasteiger partial charge is 0.261 e. The number of benzene rings is 1. The van der Waals surface area contributed by atoms with Crippen molar-refractivity contribution < 1.29 is 22.4 Å². The summed E-state index contributed by atoms with van der Waals surface area (Å²) in [4.78, 5) is 21.0. The number of aromatic nitrogens is 5. The van der Waals surface area contributed by atoms with Crippen LogP contribution in [0, 0.1) is 6.92 Å². The molecule has 0 saturated carbocycles. The molecule has 5 heterocycles. The van der Waals surface area contributed by atoms with E-state index in [4.69, 9.17) is 24.0 Å². The summed E-state index contributed by atoms with van der Waals surface area (Å²) >= 11 is 0. The van der Waals surface area contributed by atoms with E-state index in [1.54, 1.807) is 0 Å². The van der Waals surface area contributed by atoms with Gasteiger partial charge in [0.05, 0.1) is 42.6 Å². The SMILES string of the molecule is CS(=O)(=O)O.Cc1ccc(-c2cnc(N3CCOCC3)c3nc(COc4ccc5ccccc5n4)cn23)cn1. The Bertz CT molecular complexity index is 1690. The maximum absolute atomic E-state index is 9.19. The summed E-state index contributed by atoms with van der Waals surface area (Å²) in [5.74, 6) is 1.42. The number of ether oxygens (including phenoxy) is 2. The van der Waals surface area contributed by atoms with Crippen LogP contribution in [0.4, 0.5) is 5.82 Å². The van der Waals surface area contributed by atoms with Crippen LogP contribution in [0.15, 0.2) is 67.1 Å². The first-order chi connectivity index (χ1) is 18.7. The summed E-state index contributed by atoms with van der Waals surface area (Å²) in [6, 6.07) is 16.0. The van der Waals surface area contributed by atoms with Gasteiger partial charge in [-0.25, -0.2) is 15.0 Å². The van der Waals surface area contributed by atoms with Crippen LogP contribution in [0.5, 0.6) is 5.88 Å². The molecule has 1 aliphatic rings. The molecule has 6 rings (SSSR count). The molecule has 1 N–H and O–H groups in total. The first-order valence-electron chi connectivity index (χ1n) is 12.3. The lowest BCUT2D eigenvalue weighted by Gasteiger charge is -2.28. The van der Waals surface area contributed by atoms with Crippen molar-refractivity contribution in [3.8, 4) is 17.1 Å². The van der Waals surface area contributed by atoms with Crippen LogP contribution in [-0.4, -0.2) is 69.9 Å². The highest BCUT2D eigenvalue weighted by molar-refractivity contribution is 7.85. The molecule has 1 saturated heterocycles. The molecule has 0 bridgehead atoms. The zero-order valence-corrected chi connectivity index (χ0v) is 22.4. The van der Waals surface area contributed by atoms with Crippen LogP contribution in [0.2, 0.25) is 0 Å². The molecule has 5 aromatic rings. The van der Waals surface area contributed by atoms with Crippen molar-refractivity contribution >= 4 is 32.5 Å². The second-order valence-electron chi connectivity index (χ2n) is 9.04. The van der Waals surface area contributed by atoms with Gasteiger partial charge in [-0.05, 0) is 31.2 Å². The lowest BCUT2D eigenvalue weighted by molar-refractivity contribution is 0.122. The summed E-state index contributed by atoms with van der Waals surface area (Å²) in [7, 11) is -3.67. The van der Waals surface area contributed by atoms with E-state index in [0.717, 1.165) is 58.1 Å². The van der Waals surface area contributed by atoms with Crippen molar-refractivity contribution in [2.45, 2.75) is 13.5 Å². The van der Waals surface area contributed by atoms with Gasteiger partial charge >= 0.3 is 0 Å². The van der Waals surface area contributed by atoms with Gasteiger partial charge in [0.1, 0.15) is 6.61 Å². The fourth-order valence-electron chi connectivity index (χ4n) is 4.19. The number of hydrogen-bond acceptors (Lipinski definition) is 9. The van der Waals surface area contributed by atoms with Crippen LogP contribution < -0.4 is 9.64 Å². The summed E-state index contributed by atoms with van der Waals surface area (Å²) in [5.41, 5.74) is 5.40. The van der Waals surface area contributed by atoms with Crippen molar-refractivity contribution in [3.63, 3.8) is 0 Å². The Morgan fingerprint density at radius 3 is 2.51 bits per heavy atom. The van der Waals surface area contributed by atoms with Crippen molar-refractivity contribution in [1.82, 2.24) is 24.3 Å². The Morgan fingerprint density at radius 1 is 1.00 bits per heavy atom. The van der Waals surface area contributed by atoms with Crippen molar-refractivity contribution in [2.24, 2.45) is 0 Å². The number of hydrogen-bond donors (Lipinski definition) is 1. The molecule has 202 valence electrons. The average molecular weight is 549 g/mol. The average Bonchev–Trinajstić information content (AvgIpc) is 3.36. The van der Waals surface area contributed by atoms with Crippen LogP contribution in [0.1, 0.15) is 11.4 Å². The van der Waals surface area contributed by atoms with Crippen molar-refractivity contribution in [2.75, 3.05) is 37.5 Å². The van der Waals surface area contributed by atoms with Gasteiger partial charge in [-0.1, -0.05) is 18.2 Å². The summed E-state index contributed by atoms with van der Waals surface area (Å²) in [6.45, 7) is 5.22. The molecule has 39 heavy (non-hydrogen) atoms. The van der Waals surface area contributed by atoms with Gasteiger partial charge in [0.25, 0.3) is 10.1 Å². The predicted molar refractivity (Wildman–Crippen MR) is 148 cm³/mol. The Hall–Kier alpha value is -4.13. The number of aryl methyl sites for hydroxylation is 1. The second kappa shape index (κ2) is 11.3. The van der Waals surface area contributed by atoms with Gasteiger partial charge in [-0.15, -0.1) is 0 Å². The summed E-state index contributed by atoms with van der Waals surface area (Å²) < 4.78 is 39.5. The number of rotatable bonds is 5. The molecule has 1 aliphatic heterocycles. The molecule has 11 nitrogen and oxygen atoms in total. The molecule has 0 spiro atoms. The van der Waals surface area contributed by atoms with E-state index in [9.17, 15) is 8.42 Å². The Morgan fingerprint density at radius 2 is 1.77 bits per heavy atom. The van der Waals surface area contributed by atoms with Gasteiger partial charge in [0.15, 0.2) is 11.5 Å². The molecule has 0 atom stereocenters. The maximum atomic E-state index is 9.19. The molecule has 4 aromatic heterocycles. The lowest BCUT2D eigenvalue weighted by atomic mass is 10.2. The Labute approximate surface area is 225 Å². The minimum atomic E-state index is -3.67. The topological polar surface area (TPSA) is 132 Å². The largest absolute Gasteiger partial charge is 0.471 e. The van der Waals surface area contributed by atoms with Gasteiger partial charge in [-0.2, -0.15) is 8.42 Å². The van der Waals surface area contributed by atoms with Crippen LogP contribution in [0.25, 0.3) is 27.8 Å². The van der Waals surface area contributed by atoms with Crippen LogP contribution >= 0.6 is 0 Å². The summed E-state index contributed by atoms with van der Waals surface area (Å²) in [6.07, 6.45) is 6.49. The quantitative estimate of drug-likeness (QED) is 0.325. The van der Waals surface area contributed by atoms with Crippen LogP contribution in [-0.2, 0) is 21.5 Å². The molecule has 1 fully saturated rings. The molecule has 0 unspecified atom stereocenters. The highest BCUT2D eigenvalue weighted by Gasteiger charge is 2.20. The van der Waals surface area contributed by atoms with E-state index in [0.29, 0.717) is 32.0 Å². The van der Waals surface area contributed by atoms with E-state index in [-0.39, 0.29) is 0 Å². The zero-order chi connectivity index (χ0) is 27.4. The van der Waals surface area contributed by atoms with Gasteiger partial charge in [-0.3, -0.25) is 13.9 Å². The number of nitrogens with zero attached hydrogens (tertiary/aromatic N) is 6. The number of morpholine rings is 1. The number of pyridine rings is 2. The first-order valence-corrected chi connectivity index (χ1v) is 14.1. The molecule has 0 amide bonds. The van der Waals surface area contributed by atoms with Gasteiger partial charge in [0, 0.05) is 48.2 Å². The molecular weight excluding hydrogens is 520 g/mol. The highest BCUT2D eigenvalue weighted by atomic mass is 32.2. The molecule has 12 heteroatoms. The van der Waals surface area contributed by atoms with E-state index in [1.165, 1.54) is 0 Å². The van der Waals surface area contributed by atoms with E-state index in [2.05, 4.69) is 25.3 Å². The van der Waals surface area contributed by atoms with Gasteiger partial charge in [0.2, 0.25) is 5.88 Å². The van der Waals surface area contributed by atoms with Crippen LogP contribution in [0.3, 0.4) is 0 Å². The standard InChI is InChI=1S/C26H24N6O2.CH4O3S/c1-18-6-7-20(14-27-18)23-15-28-25(31-10-12-33-13-11-31)26-29-21(16-32(23)26)17-34-24-9-8-19-4-2-3-5-22(19)30-24;1-5(2,3)4/h2-9,14-16H,10-13,17H2,1H3;1H3,(H,2,3,4). The fraction of sp³-hybridized carbons (Fsp3) is 0.259.